The minimum atomic E-state index is 0.544. The summed E-state index contributed by atoms with van der Waals surface area (Å²) in [4.78, 5) is 0. The minimum Gasteiger partial charge on any atom is -0.0620 e. The molecular weight excluding hydrogens is 432 g/mol. The van der Waals surface area contributed by atoms with E-state index in [1.807, 2.05) is 0 Å². The Labute approximate surface area is 216 Å². The van der Waals surface area contributed by atoms with Gasteiger partial charge in [-0.05, 0) is 125 Å². The lowest BCUT2D eigenvalue weighted by Crippen LogP contribution is -2.12. The lowest BCUT2D eigenvalue weighted by Gasteiger charge is -2.24. The van der Waals surface area contributed by atoms with Gasteiger partial charge in [-0.15, -0.1) is 0 Å². The lowest BCUT2D eigenvalue weighted by atomic mass is 9.80. The zero-order chi connectivity index (χ0) is 24.1. The summed E-state index contributed by atoms with van der Waals surface area (Å²) in [6.07, 6.45) is 10.6. The normalized spacial score (nSPS) is 20.5. The molecule has 4 aromatic rings. The standard InChI is InChI=1S/C36H36/c1-24-23-35(33-12-6-11-29-15-13-25-7-2-4-9-27(25)17-20-31(29)33)34-22-19-30-16-14-26-8-3-5-10-28(26)18-21-32(30)36(24)34/h2-12,19,22,24,35H,13-18,20-21,23H2,1H3. The van der Waals surface area contributed by atoms with Crippen molar-refractivity contribution in [3.8, 4) is 0 Å². The Bertz CT molecular complexity index is 1440. The molecule has 0 amide bonds. The van der Waals surface area contributed by atoms with Crippen LogP contribution in [0.5, 0.6) is 0 Å². The van der Waals surface area contributed by atoms with Crippen LogP contribution in [0.15, 0.2) is 78.9 Å². The van der Waals surface area contributed by atoms with Crippen LogP contribution in [0.3, 0.4) is 0 Å². The van der Waals surface area contributed by atoms with Gasteiger partial charge in [0.25, 0.3) is 0 Å². The summed E-state index contributed by atoms with van der Waals surface area (Å²) in [5, 5.41) is 0. The Hall–Kier alpha value is -3.12. The van der Waals surface area contributed by atoms with Gasteiger partial charge < -0.3 is 0 Å². The van der Waals surface area contributed by atoms with Crippen LogP contribution in [0.1, 0.15) is 86.4 Å². The van der Waals surface area contributed by atoms with E-state index in [0.29, 0.717) is 11.8 Å². The Kier molecular flexibility index (Phi) is 5.57. The highest BCUT2D eigenvalue weighted by Crippen LogP contribution is 2.49. The maximum atomic E-state index is 2.52. The second-order valence-corrected chi connectivity index (χ2v) is 11.4. The zero-order valence-electron chi connectivity index (χ0n) is 21.5. The maximum absolute atomic E-state index is 2.52. The molecule has 0 saturated heterocycles. The van der Waals surface area contributed by atoms with Gasteiger partial charge in [0.1, 0.15) is 0 Å². The molecule has 7 rings (SSSR count). The molecule has 0 heteroatoms. The highest BCUT2D eigenvalue weighted by Gasteiger charge is 2.34. The fourth-order valence-corrected chi connectivity index (χ4v) is 7.70. The zero-order valence-corrected chi connectivity index (χ0v) is 21.5. The molecule has 4 aromatic carbocycles. The van der Waals surface area contributed by atoms with Gasteiger partial charge in [-0.2, -0.15) is 0 Å². The average Bonchev–Trinajstić information content (AvgIpc) is 3.22. The number of benzene rings is 4. The third kappa shape index (κ3) is 3.74. The molecule has 0 saturated carbocycles. The molecule has 0 aromatic heterocycles. The third-order valence-corrected chi connectivity index (χ3v) is 9.48. The van der Waals surface area contributed by atoms with Gasteiger partial charge in [0.2, 0.25) is 0 Å². The first kappa shape index (κ1) is 22.1. The summed E-state index contributed by atoms with van der Waals surface area (Å²) in [5.74, 6) is 1.18. The second-order valence-electron chi connectivity index (χ2n) is 11.4. The van der Waals surface area contributed by atoms with Crippen molar-refractivity contribution in [1.82, 2.24) is 0 Å². The van der Waals surface area contributed by atoms with Crippen molar-refractivity contribution in [2.24, 2.45) is 0 Å². The van der Waals surface area contributed by atoms with E-state index in [4.69, 9.17) is 0 Å². The van der Waals surface area contributed by atoms with Gasteiger partial charge in [-0.25, -0.2) is 0 Å². The minimum absolute atomic E-state index is 0.544. The first-order chi connectivity index (χ1) is 17.8. The highest BCUT2D eigenvalue weighted by molar-refractivity contribution is 5.55. The van der Waals surface area contributed by atoms with Gasteiger partial charge in [0, 0.05) is 5.92 Å². The number of hydrogen-bond donors (Lipinski definition) is 0. The Morgan fingerprint density at radius 3 is 1.58 bits per heavy atom. The SMILES string of the molecule is CC1CC(c2cccc3c2CCc2ccccc2CC3)c2ccc3c(c21)CCc1ccccc1CC3. The van der Waals surface area contributed by atoms with Crippen LogP contribution in [0.25, 0.3) is 0 Å². The highest BCUT2D eigenvalue weighted by atomic mass is 14.4. The van der Waals surface area contributed by atoms with Gasteiger partial charge in [0.05, 0.1) is 0 Å². The summed E-state index contributed by atoms with van der Waals surface area (Å²) in [7, 11) is 0. The van der Waals surface area contributed by atoms with Gasteiger partial charge in [-0.3, -0.25) is 0 Å². The fraction of sp³-hybridized carbons (Fsp3) is 0.333. The summed E-state index contributed by atoms with van der Waals surface area (Å²) < 4.78 is 0. The molecule has 0 fully saturated rings. The molecule has 0 radical (unpaired) electrons. The summed E-state index contributed by atoms with van der Waals surface area (Å²) in [5.41, 5.74) is 17.7. The predicted molar refractivity (Wildman–Crippen MR) is 150 cm³/mol. The molecular formula is C36H36. The van der Waals surface area contributed by atoms with Crippen molar-refractivity contribution in [2.75, 3.05) is 0 Å². The van der Waals surface area contributed by atoms with E-state index in [0.717, 1.165) is 0 Å². The van der Waals surface area contributed by atoms with Crippen LogP contribution in [0, 0.1) is 0 Å². The third-order valence-electron chi connectivity index (χ3n) is 9.48. The molecule has 0 aliphatic heterocycles. The number of rotatable bonds is 1. The molecule has 0 heterocycles. The molecule has 0 bridgehead atoms. The average molecular weight is 469 g/mol. The molecule has 2 atom stereocenters. The second kappa shape index (κ2) is 9.07. The van der Waals surface area contributed by atoms with Crippen LogP contribution < -0.4 is 0 Å². The van der Waals surface area contributed by atoms with Crippen LogP contribution in [-0.4, -0.2) is 0 Å². The van der Waals surface area contributed by atoms with Crippen molar-refractivity contribution in [3.63, 3.8) is 0 Å². The topological polar surface area (TPSA) is 0 Å². The largest absolute Gasteiger partial charge is 0.0620 e. The molecule has 3 aliphatic carbocycles. The van der Waals surface area contributed by atoms with E-state index >= 15 is 0 Å². The maximum Gasteiger partial charge on any atom is 0.0101 e. The van der Waals surface area contributed by atoms with Crippen LogP contribution in [0.4, 0.5) is 0 Å². The summed E-state index contributed by atoms with van der Waals surface area (Å²) in [6, 6.07) is 30.5. The predicted octanol–water partition coefficient (Wildman–Crippen LogP) is 8.09. The van der Waals surface area contributed by atoms with E-state index in [-0.39, 0.29) is 0 Å². The van der Waals surface area contributed by atoms with Crippen LogP contribution in [0.2, 0.25) is 0 Å². The molecule has 180 valence electrons. The molecule has 3 aliphatic rings. The van der Waals surface area contributed by atoms with Gasteiger partial charge >= 0.3 is 0 Å². The number of fused-ring (bicyclic) bond motifs is 6. The first-order valence-corrected chi connectivity index (χ1v) is 14.1. The quantitative estimate of drug-likeness (QED) is 0.265. The molecule has 0 nitrogen and oxygen atoms in total. The fourth-order valence-electron chi connectivity index (χ4n) is 7.70. The molecule has 36 heavy (non-hydrogen) atoms. The van der Waals surface area contributed by atoms with Crippen molar-refractivity contribution >= 4 is 0 Å². The lowest BCUT2D eigenvalue weighted by molar-refractivity contribution is 0.672. The summed E-state index contributed by atoms with van der Waals surface area (Å²) in [6.45, 7) is 2.49. The van der Waals surface area contributed by atoms with Crippen LogP contribution >= 0.6 is 0 Å². The monoisotopic (exact) mass is 468 g/mol. The number of aryl methyl sites for hydroxylation is 6. The van der Waals surface area contributed by atoms with Gasteiger partial charge in [-0.1, -0.05) is 85.8 Å². The van der Waals surface area contributed by atoms with E-state index in [1.54, 1.807) is 61.2 Å². The smallest absolute Gasteiger partial charge is 0.0101 e. The van der Waals surface area contributed by atoms with Crippen molar-refractivity contribution < 1.29 is 0 Å². The molecule has 2 unspecified atom stereocenters. The van der Waals surface area contributed by atoms with E-state index in [2.05, 4.69) is 85.8 Å². The molecule has 0 spiro atoms. The number of hydrogen-bond acceptors (Lipinski definition) is 0. The van der Waals surface area contributed by atoms with Crippen molar-refractivity contribution in [2.45, 2.75) is 76.5 Å². The Morgan fingerprint density at radius 1 is 0.444 bits per heavy atom. The van der Waals surface area contributed by atoms with Gasteiger partial charge in [0.15, 0.2) is 0 Å². The van der Waals surface area contributed by atoms with E-state index in [1.165, 1.54) is 57.8 Å². The van der Waals surface area contributed by atoms with Crippen LogP contribution in [-0.2, 0) is 51.4 Å². The van der Waals surface area contributed by atoms with E-state index < -0.39 is 0 Å². The van der Waals surface area contributed by atoms with Crippen molar-refractivity contribution in [3.05, 3.63) is 140 Å². The summed E-state index contributed by atoms with van der Waals surface area (Å²) >= 11 is 0. The Morgan fingerprint density at radius 2 is 0.944 bits per heavy atom. The van der Waals surface area contributed by atoms with Crippen molar-refractivity contribution in [1.29, 1.82) is 0 Å². The Balaban J connectivity index is 1.26. The molecule has 0 N–H and O–H groups in total. The van der Waals surface area contributed by atoms with E-state index in [9.17, 15) is 0 Å². The first-order valence-electron chi connectivity index (χ1n) is 14.1.